The average molecular weight is 333 g/mol. The maximum atomic E-state index is 12.1. The number of benzene rings is 1. The Balaban J connectivity index is 1.99. The third-order valence-corrected chi connectivity index (χ3v) is 5.91. The lowest BCUT2D eigenvalue weighted by Gasteiger charge is -2.26. The van der Waals surface area contributed by atoms with Crippen molar-refractivity contribution in [3.63, 3.8) is 0 Å². The zero-order valence-corrected chi connectivity index (χ0v) is 13.4. The molecule has 0 bridgehead atoms. The first-order valence-electron chi connectivity index (χ1n) is 6.53. The van der Waals surface area contributed by atoms with E-state index in [1.54, 1.807) is 12.1 Å². The first-order valence-corrected chi connectivity index (χ1v) is 9.87. The molecule has 21 heavy (non-hydrogen) atoms. The molecule has 0 spiro atoms. The van der Waals surface area contributed by atoms with Crippen molar-refractivity contribution in [1.82, 2.24) is 14.3 Å². The quantitative estimate of drug-likeness (QED) is 0.745. The van der Waals surface area contributed by atoms with E-state index < -0.39 is 20.0 Å². The minimum absolute atomic E-state index is 0.135. The van der Waals surface area contributed by atoms with Crippen LogP contribution in [0.5, 0.6) is 0 Å². The van der Waals surface area contributed by atoms with E-state index in [4.69, 9.17) is 0 Å². The summed E-state index contributed by atoms with van der Waals surface area (Å²) in [5, 5.41) is 3.09. The second kappa shape index (κ2) is 6.41. The van der Waals surface area contributed by atoms with Gasteiger partial charge in [0, 0.05) is 39.0 Å². The lowest BCUT2D eigenvalue weighted by Crippen LogP contribution is -2.50. The number of rotatable bonds is 5. The van der Waals surface area contributed by atoms with Crippen LogP contribution in [-0.2, 0) is 26.6 Å². The van der Waals surface area contributed by atoms with Gasteiger partial charge in [0.05, 0.1) is 4.90 Å². The molecule has 0 aromatic heterocycles. The normalized spacial score (nSPS) is 17.8. The SMILES string of the molecule is CS(=O)(=O)c1ccc(CNS(=O)(=O)N2CCNCC2)cc1. The Morgan fingerprint density at radius 2 is 1.67 bits per heavy atom. The molecule has 2 rings (SSSR count). The van der Waals surface area contributed by atoms with Gasteiger partial charge in [-0.2, -0.15) is 17.4 Å². The lowest BCUT2D eigenvalue weighted by molar-refractivity contribution is 0.354. The van der Waals surface area contributed by atoms with Crippen molar-refractivity contribution in [3.8, 4) is 0 Å². The van der Waals surface area contributed by atoms with Crippen LogP contribution in [0.4, 0.5) is 0 Å². The minimum atomic E-state index is -3.49. The van der Waals surface area contributed by atoms with Gasteiger partial charge in [0.2, 0.25) is 0 Å². The molecule has 1 aromatic carbocycles. The number of nitrogens with zero attached hydrogens (tertiary/aromatic N) is 1. The number of piperazine rings is 1. The highest BCUT2D eigenvalue weighted by Crippen LogP contribution is 2.11. The smallest absolute Gasteiger partial charge is 0.279 e. The maximum absolute atomic E-state index is 12.1. The van der Waals surface area contributed by atoms with Crippen LogP contribution in [0.3, 0.4) is 0 Å². The summed E-state index contributed by atoms with van der Waals surface area (Å²) in [6.07, 6.45) is 1.13. The van der Waals surface area contributed by atoms with E-state index in [0.717, 1.165) is 6.26 Å². The van der Waals surface area contributed by atoms with Gasteiger partial charge >= 0.3 is 0 Å². The van der Waals surface area contributed by atoms with Gasteiger partial charge < -0.3 is 5.32 Å². The van der Waals surface area contributed by atoms with Crippen LogP contribution in [0.1, 0.15) is 5.56 Å². The molecule has 1 saturated heterocycles. The van der Waals surface area contributed by atoms with E-state index in [0.29, 0.717) is 31.7 Å². The summed E-state index contributed by atoms with van der Waals surface area (Å²) in [5.74, 6) is 0. The fourth-order valence-electron chi connectivity index (χ4n) is 2.00. The molecule has 2 N–H and O–H groups in total. The molecular weight excluding hydrogens is 314 g/mol. The van der Waals surface area contributed by atoms with Crippen LogP contribution >= 0.6 is 0 Å². The number of hydrogen-bond donors (Lipinski definition) is 2. The van der Waals surface area contributed by atoms with Crippen LogP contribution in [0.2, 0.25) is 0 Å². The summed E-state index contributed by atoms with van der Waals surface area (Å²) >= 11 is 0. The summed E-state index contributed by atoms with van der Waals surface area (Å²) in [6.45, 7) is 2.31. The molecular formula is C12H19N3O4S2. The van der Waals surface area contributed by atoms with E-state index >= 15 is 0 Å². The van der Waals surface area contributed by atoms with Gasteiger partial charge in [-0.05, 0) is 17.7 Å². The zero-order chi connectivity index (χ0) is 15.5. The minimum Gasteiger partial charge on any atom is -0.314 e. The highest BCUT2D eigenvalue weighted by Gasteiger charge is 2.22. The van der Waals surface area contributed by atoms with Gasteiger partial charge in [-0.1, -0.05) is 12.1 Å². The molecule has 0 atom stereocenters. The van der Waals surface area contributed by atoms with Crippen molar-refractivity contribution < 1.29 is 16.8 Å². The number of sulfone groups is 1. The van der Waals surface area contributed by atoms with Crippen molar-refractivity contribution >= 4 is 20.0 Å². The maximum Gasteiger partial charge on any atom is 0.279 e. The Kier molecular flexibility index (Phi) is 4.99. The number of hydrogen-bond acceptors (Lipinski definition) is 5. The van der Waals surface area contributed by atoms with Gasteiger partial charge in [-0.25, -0.2) is 8.42 Å². The van der Waals surface area contributed by atoms with Gasteiger partial charge in [-0.15, -0.1) is 0 Å². The Labute approximate surface area is 125 Å². The molecule has 0 amide bonds. The topological polar surface area (TPSA) is 95.6 Å². The summed E-state index contributed by atoms with van der Waals surface area (Å²) in [5.41, 5.74) is 0.709. The molecule has 1 fully saturated rings. The lowest BCUT2D eigenvalue weighted by atomic mass is 10.2. The van der Waals surface area contributed by atoms with Crippen molar-refractivity contribution in [1.29, 1.82) is 0 Å². The van der Waals surface area contributed by atoms with Crippen molar-refractivity contribution in [2.75, 3.05) is 32.4 Å². The van der Waals surface area contributed by atoms with Gasteiger partial charge in [-0.3, -0.25) is 0 Å². The standard InChI is InChI=1S/C12H19N3O4S2/c1-20(16,17)12-4-2-11(3-5-12)10-14-21(18,19)15-8-6-13-7-9-15/h2-5,13-14H,6-10H2,1H3. The Hall–Kier alpha value is -1.00. The monoisotopic (exact) mass is 333 g/mol. The third-order valence-electron chi connectivity index (χ3n) is 3.23. The summed E-state index contributed by atoms with van der Waals surface area (Å²) in [4.78, 5) is 0.219. The average Bonchev–Trinajstić information content (AvgIpc) is 2.46. The van der Waals surface area contributed by atoms with Crippen LogP contribution in [-0.4, -0.2) is 53.6 Å². The van der Waals surface area contributed by atoms with Crippen molar-refractivity contribution in [3.05, 3.63) is 29.8 Å². The van der Waals surface area contributed by atoms with Crippen molar-refractivity contribution in [2.45, 2.75) is 11.4 Å². The first-order chi connectivity index (χ1) is 9.79. The van der Waals surface area contributed by atoms with E-state index in [9.17, 15) is 16.8 Å². The van der Waals surface area contributed by atoms with Crippen LogP contribution in [0, 0.1) is 0 Å². The highest BCUT2D eigenvalue weighted by atomic mass is 32.2. The molecule has 0 aliphatic carbocycles. The van der Waals surface area contributed by atoms with Crippen LogP contribution in [0.15, 0.2) is 29.2 Å². The molecule has 1 aliphatic rings. The molecule has 7 nitrogen and oxygen atoms in total. The van der Waals surface area contributed by atoms with E-state index in [2.05, 4.69) is 10.0 Å². The molecule has 0 saturated carbocycles. The number of nitrogens with one attached hydrogen (secondary N) is 2. The van der Waals surface area contributed by atoms with Gasteiger partial charge in [0.15, 0.2) is 9.84 Å². The van der Waals surface area contributed by atoms with Crippen molar-refractivity contribution in [2.24, 2.45) is 0 Å². The fourth-order valence-corrected chi connectivity index (χ4v) is 3.83. The van der Waals surface area contributed by atoms with Gasteiger partial charge in [0.25, 0.3) is 10.2 Å². The Bertz CT molecular complexity index is 678. The van der Waals surface area contributed by atoms with Crippen LogP contribution in [0.25, 0.3) is 0 Å². The Morgan fingerprint density at radius 1 is 1.10 bits per heavy atom. The van der Waals surface area contributed by atoms with E-state index in [1.807, 2.05) is 0 Å². The third kappa shape index (κ3) is 4.48. The molecule has 0 unspecified atom stereocenters. The molecule has 1 heterocycles. The van der Waals surface area contributed by atoms with Crippen LogP contribution < -0.4 is 10.0 Å². The molecule has 1 aliphatic heterocycles. The molecule has 118 valence electrons. The summed E-state index contributed by atoms with van der Waals surface area (Å²) < 4.78 is 50.8. The predicted octanol–water partition coefficient (Wildman–Crippen LogP) is -0.670. The largest absolute Gasteiger partial charge is 0.314 e. The zero-order valence-electron chi connectivity index (χ0n) is 11.7. The second-order valence-electron chi connectivity index (χ2n) is 4.89. The Morgan fingerprint density at radius 3 is 2.19 bits per heavy atom. The summed E-state index contributed by atoms with van der Waals surface area (Å²) in [7, 11) is -6.73. The van der Waals surface area contributed by atoms with E-state index in [-0.39, 0.29) is 11.4 Å². The molecule has 9 heteroatoms. The fraction of sp³-hybridized carbons (Fsp3) is 0.500. The van der Waals surface area contributed by atoms with E-state index in [1.165, 1.54) is 16.4 Å². The van der Waals surface area contributed by atoms with Gasteiger partial charge in [0.1, 0.15) is 0 Å². The molecule has 1 aromatic rings. The first kappa shape index (κ1) is 16.4. The second-order valence-corrected chi connectivity index (χ2v) is 8.66. The predicted molar refractivity (Wildman–Crippen MR) is 79.8 cm³/mol. The highest BCUT2D eigenvalue weighted by molar-refractivity contribution is 7.90. The molecule has 0 radical (unpaired) electrons. The summed E-state index contributed by atoms with van der Waals surface area (Å²) in [6, 6.07) is 6.17.